The molecule has 1 aromatic rings. The van der Waals surface area contributed by atoms with Crippen molar-refractivity contribution in [1.82, 2.24) is 15.6 Å². The first-order valence-corrected chi connectivity index (χ1v) is 9.79. The number of hydrogen-bond donors (Lipinski definition) is 3. The molecule has 0 saturated carbocycles. The van der Waals surface area contributed by atoms with Crippen LogP contribution in [0.15, 0.2) is 18.2 Å². The Labute approximate surface area is 177 Å². The second-order valence-electron chi connectivity index (χ2n) is 6.74. The topological polar surface area (TPSA) is 160 Å². The molecule has 166 valence electrons. The SMILES string of the molecule is [N-]=[NH+]NCCOCCOCCOc1cccc2c1C(=O)N(C1CCC(=O)NC1=O)C2=O. The van der Waals surface area contributed by atoms with E-state index >= 15 is 0 Å². The number of hydrazine groups is 1. The maximum absolute atomic E-state index is 12.9. The zero-order valence-electron chi connectivity index (χ0n) is 16.7. The third-order valence-corrected chi connectivity index (χ3v) is 4.74. The number of carbonyl (C=O) groups excluding carboxylic acids is 4. The molecule has 1 saturated heterocycles. The van der Waals surface area contributed by atoms with Gasteiger partial charge in [-0.1, -0.05) is 6.07 Å². The van der Waals surface area contributed by atoms with Gasteiger partial charge in [-0.15, -0.1) is 0 Å². The van der Waals surface area contributed by atoms with Gasteiger partial charge in [-0.25, -0.2) is 0 Å². The Kier molecular flexibility index (Phi) is 7.62. The molecule has 1 unspecified atom stereocenters. The zero-order chi connectivity index (χ0) is 22.2. The Morgan fingerprint density at radius 1 is 1.06 bits per heavy atom. The highest BCUT2D eigenvalue weighted by molar-refractivity contribution is 6.24. The van der Waals surface area contributed by atoms with Crippen LogP contribution in [0.5, 0.6) is 5.75 Å². The van der Waals surface area contributed by atoms with Gasteiger partial charge in [-0.2, -0.15) is 10.8 Å². The number of hydrogen-bond acceptors (Lipinski definition) is 7. The third kappa shape index (κ3) is 5.22. The molecule has 3 rings (SSSR count). The first-order valence-electron chi connectivity index (χ1n) is 9.79. The van der Waals surface area contributed by atoms with Gasteiger partial charge in [0.05, 0.1) is 37.6 Å². The van der Waals surface area contributed by atoms with Gasteiger partial charge in [-0.3, -0.25) is 34.8 Å². The number of imide groups is 2. The summed E-state index contributed by atoms with van der Waals surface area (Å²) in [7, 11) is 0. The van der Waals surface area contributed by atoms with Crippen LogP contribution in [0.3, 0.4) is 0 Å². The summed E-state index contributed by atoms with van der Waals surface area (Å²) in [4.78, 5) is 50.1. The molecule has 2 aliphatic rings. The number of nitrogens with zero attached hydrogens (tertiary/aromatic N) is 2. The van der Waals surface area contributed by atoms with Crippen LogP contribution in [0.4, 0.5) is 0 Å². The lowest BCUT2D eigenvalue weighted by atomic mass is 10.0. The van der Waals surface area contributed by atoms with E-state index in [2.05, 4.69) is 10.7 Å². The molecule has 1 fully saturated rings. The van der Waals surface area contributed by atoms with Crippen LogP contribution in [-0.2, 0) is 19.1 Å². The molecule has 2 heterocycles. The van der Waals surface area contributed by atoms with Crippen LogP contribution < -0.4 is 20.7 Å². The van der Waals surface area contributed by atoms with E-state index in [-0.39, 0.29) is 42.9 Å². The van der Waals surface area contributed by atoms with Crippen molar-refractivity contribution in [3.8, 4) is 5.75 Å². The molecule has 0 spiro atoms. The second kappa shape index (κ2) is 10.6. The minimum atomic E-state index is -1.02. The van der Waals surface area contributed by atoms with Crippen molar-refractivity contribution in [2.24, 2.45) is 0 Å². The maximum Gasteiger partial charge on any atom is 0.266 e. The second-order valence-corrected chi connectivity index (χ2v) is 6.74. The molecule has 0 aromatic heterocycles. The molecule has 2 aliphatic heterocycles. The minimum absolute atomic E-state index is 0.0586. The van der Waals surface area contributed by atoms with Gasteiger partial charge in [0.1, 0.15) is 18.4 Å². The summed E-state index contributed by atoms with van der Waals surface area (Å²) in [5.41, 5.74) is 11.0. The predicted molar refractivity (Wildman–Crippen MR) is 103 cm³/mol. The molecule has 12 heteroatoms. The molecule has 1 atom stereocenters. The molecule has 31 heavy (non-hydrogen) atoms. The number of amides is 4. The van der Waals surface area contributed by atoms with Crippen LogP contribution in [-0.4, -0.2) is 74.1 Å². The average molecular weight is 433 g/mol. The van der Waals surface area contributed by atoms with Crippen molar-refractivity contribution < 1.29 is 38.6 Å². The molecule has 0 aliphatic carbocycles. The number of piperidine rings is 1. The monoisotopic (exact) mass is 433 g/mol. The van der Waals surface area contributed by atoms with Gasteiger partial charge in [0.25, 0.3) is 11.8 Å². The lowest BCUT2D eigenvalue weighted by molar-refractivity contribution is -0.548. The number of carbonyl (C=O) groups is 4. The van der Waals surface area contributed by atoms with Crippen molar-refractivity contribution in [1.29, 1.82) is 0 Å². The van der Waals surface area contributed by atoms with E-state index in [1.54, 1.807) is 17.4 Å². The summed E-state index contributed by atoms with van der Waals surface area (Å²) >= 11 is 0. The number of ether oxygens (including phenoxy) is 3. The summed E-state index contributed by atoms with van der Waals surface area (Å²) in [6.45, 7) is 1.91. The van der Waals surface area contributed by atoms with Gasteiger partial charge in [-0.05, 0) is 18.6 Å². The van der Waals surface area contributed by atoms with Gasteiger partial charge in [0.2, 0.25) is 11.8 Å². The van der Waals surface area contributed by atoms with E-state index < -0.39 is 29.7 Å². The highest BCUT2D eigenvalue weighted by Crippen LogP contribution is 2.33. The molecule has 0 radical (unpaired) electrons. The molecule has 1 aromatic carbocycles. The number of benzene rings is 1. The van der Waals surface area contributed by atoms with Crippen LogP contribution in [0, 0.1) is 0 Å². The van der Waals surface area contributed by atoms with Crippen LogP contribution in [0.2, 0.25) is 0 Å². The molecule has 3 N–H and O–H groups in total. The fraction of sp³-hybridized carbons (Fsp3) is 0.474. The zero-order valence-corrected chi connectivity index (χ0v) is 16.7. The lowest BCUT2D eigenvalue weighted by Gasteiger charge is -2.27. The summed E-state index contributed by atoms with van der Waals surface area (Å²) in [6.07, 6.45) is 0.151. The van der Waals surface area contributed by atoms with Crippen LogP contribution in [0.25, 0.3) is 5.53 Å². The minimum Gasteiger partial charge on any atom is -0.490 e. The standard InChI is InChI=1S/C19H23N5O7/c20-23-21-6-7-29-8-9-30-10-11-31-14-3-1-2-12-16(14)19(28)24(18(12)27)13-4-5-15(25)22-17(13)26/h1-3,13,23H,4-11H2,(H2-,20,21,22,25,26). The first kappa shape index (κ1) is 22.3. The summed E-state index contributed by atoms with van der Waals surface area (Å²) in [5.74, 6) is -2.06. The van der Waals surface area contributed by atoms with Crippen LogP contribution in [0.1, 0.15) is 33.6 Å². The largest absolute Gasteiger partial charge is 0.490 e. The quantitative estimate of drug-likeness (QED) is 0.149. The fourth-order valence-corrected chi connectivity index (χ4v) is 3.32. The lowest BCUT2D eigenvalue weighted by Crippen LogP contribution is -2.75. The van der Waals surface area contributed by atoms with Crippen molar-refractivity contribution in [2.75, 3.05) is 39.6 Å². The third-order valence-electron chi connectivity index (χ3n) is 4.74. The Morgan fingerprint density at radius 2 is 1.81 bits per heavy atom. The van der Waals surface area contributed by atoms with Crippen molar-refractivity contribution in [3.63, 3.8) is 0 Å². The number of fused-ring (bicyclic) bond motifs is 1. The Hall–Kier alpha value is -3.38. The Balaban J connectivity index is 1.52. The molecule has 4 amide bonds. The Bertz CT molecular complexity index is 875. The summed E-state index contributed by atoms with van der Waals surface area (Å²) in [5, 5.41) is 3.95. The van der Waals surface area contributed by atoms with Gasteiger partial charge >= 0.3 is 0 Å². The average Bonchev–Trinajstić information content (AvgIpc) is 3.01. The molecular formula is C19H23N5O7. The van der Waals surface area contributed by atoms with E-state index in [0.29, 0.717) is 26.4 Å². The summed E-state index contributed by atoms with van der Waals surface area (Å²) < 4.78 is 16.3. The van der Waals surface area contributed by atoms with Gasteiger partial charge in [0, 0.05) is 13.0 Å². The van der Waals surface area contributed by atoms with Crippen molar-refractivity contribution in [2.45, 2.75) is 18.9 Å². The van der Waals surface area contributed by atoms with E-state index in [4.69, 9.17) is 19.7 Å². The summed E-state index contributed by atoms with van der Waals surface area (Å²) in [6, 6.07) is 3.65. The van der Waals surface area contributed by atoms with Crippen molar-refractivity contribution in [3.05, 3.63) is 34.9 Å². The van der Waals surface area contributed by atoms with E-state index in [9.17, 15) is 19.2 Å². The van der Waals surface area contributed by atoms with Gasteiger partial charge < -0.3 is 14.2 Å². The highest BCUT2D eigenvalue weighted by Gasteiger charge is 2.45. The first-order chi connectivity index (χ1) is 15.0. The fourth-order valence-electron chi connectivity index (χ4n) is 3.32. The van der Waals surface area contributed by atoms with E-state index in [1.807, 2.05) is 0 Å². The van der Waals surface area contributed by atoms with E-state index in [0.717, 1.165) is 4.90 Å². The van der Waals surface area contributed by atoms with Crippen molar-refractivity contribution >= 4 is 23.6 Å². The highest BCUT2D eigenvalue weighted by atomic mass is 16.5. The Morgan fingerprint density at radius 3 is 2.55 bits per heavy atom. The normalized spacial score (nSPS) is 18.1. The molecule has 0 bridgehead atoms. The number of nitrogens with one attached hydrogen (secondary N) is 3. The smallest absolute Gasteiger partial charge is 0.266 e. The van der Waals surface area contributed by atoms with E-state index in [1.165, 1.54) is 6.07 Å². The predicted octanol–water partition coefficient (Wildman–Crippen LogP) is -1.89. The van der Waals surface area contributed by atoms with Crippen LogP contribution >= 0.6 is 0 Å². The maximum atomic E-state index is 12.9. The van der Waals surface area contributed by atoms with Gasteiger partial charge in [0.15, 0.2) is 0 Å². The molecular weight excluding hydrogens is 410 g/mol. The number of rotatable bonds is 12. The molecule has 12 nitrogen and oxygen atoms in total.